The highest BCUT2D eigenvalue weighted by molar-refractivity contribution is 6.30. The summed E-state index contributed by atoms with van der Waals surface area (Å²) in [4.78, 5) is 0. The zero-order valence-corrected chi connectivity index (χ0v) is 12.2. The fourth-order valence-electron chi connectivity index (χ4n) is 2.14. The Bertz CT molecular complexity index is 585. The molecular formula is C16H18ClNO. The van der Waals surface area contributed by atoms with E-state index in [9.17, 15) is 0 Å². The van der Waals surface area contributed by atoms with Crippen LogP contribution in [0.3, 0.4) is 0 Å². The number of halogens is 1. The molecule has 0 saturated carbocycles. The van der Waals surface area contributed by atoms with Gasteiger partial charge in [0.1, 0.15) is 11.5 Å². The van der Waals surface area contributed by atoms with Crippen LogP contribution in [0.25, 0.3) is 0 Å². The van der Waals surface area contributed by atoms with Gasteiger partial charge in [-0.3, -0.25) is 0 Å². The standard InChI is InChI=1S/C16H18ClNO/c1-10-4-5-15(13(6-10)9-18)19-16-11(2)7-14(17)8-12(16)3/h4-8H,9,18H2,1-3H3. The van der Waals surface area contributed by atoms with Gasteiger partial charge in [-0.05, 0) is 50.1 Å². The van der Waals surface area contributed by atoms with E-state index in [2.05, 4.69) is 6.07 Å². The first-order valence-corrected chi connectivity index (χ1v) is 6.63. The molecule has 0 bridgehead atoms. The van der Waals surface area contributed by atoms with Gasteiger partial charge in [0.15, 0.2) is 0 Å². The lowest BCUT2D eigenvalue weighted by Crippen LogP contribution is -2.01. The van der Waals surface area contributed by atoms with E-state index < -0.39 is 0 Å². The van der Waals surface area contributed by atoms with Crippen LogP contribution in [0.15, 0.2) is 30.3 Å². The van der Waals surface area contributed by atoms with Crippen molar-refractivity contribution in [3.8, 4) is 11.5 Å². The molecule has 0 aliphatic carbocycles. The smallest absolute Gasteiger partial charge is 0.133 e. The molecule has 3 heteroatoms. The molecule has 0 aliphatic heterocycles. The van der Waals surface area contributed by atoms with Gasteiger partial charge in [0, 0.05) is 17.1 Å². The first-order valence-electron chi connectivity index (χ1n) is 6.25. The van der Waals surface area contributed by atoms with E-state index in [1.165, 1.54) is 5.56 Å². The summed E-state index contributed by atoms with van der Waals surface area (Å²) in [5.41, 5.74) is 10.0. The quantitative estimate of drug-likeness (QED) is 0.894. The molecule has 2 N–H and O–H groups in total. The highest BCUT2D eigenvalue weighted by Crippen LogP contribution is 2.33. The monoisotopic (exact) mass is 275 g/mol. The molecule has 0 spiro atoms. The third-order valence-corrected chi connectivity index (χ3v) is 3.29. The molecule has 2 rings (SSSR count). The molecule has 0 heterocycles. The van der Waals surface area contributed by atoms with E-state index in [0.29, 0.717) is 6.54 Å². The minimum atomic E-state index is 0.461. The molecule has 100 valence electrons. The molecule has 0 fully saturated rings. The summed E-state index contributed by atoms with van der Waals surface area (Å²) in [5, 5.41) is 0.727. The molecular weight excluding hydrogens is 258 g/mol. The summed E-state index contributed by atoms with van der Waals surface area (Å²) < 4.78 is 6.03. The van der Waals surface area contributed by atoms with E-state index in [1.807, 2.05) is 45.0 Å². The normalized spacial score (nSPS) is 10.6. The molecule has 0 saturated heterocycles. The molecule has 0 aliphatic rings. The third-order valence-electron chi connectivity index (χ3n) is 3.07. The fraction of sp³-hybridized carbons (Fsp3) is 0.250. The van der Waals surface area contributed by atoms with Crippen LogP contribution in [-0.2, 0) is 6.54 Å². The van der Waals surface area contributed by atoms with Crippen molar-refractivity contribution in [2.75, 3.05) is 0 Å². The van der Waals surface area contributed by atoms with Gasteiger partial charge in [-0.25, -0.2) is 0 Å². The molecule has 0 radical (unpaired) electrons. The van der Waals surface area contributed by atoms with Crippen molar-refractivity contribution >= 4 is 11.6 Å². The van der Waals surface area contributed by atoms with Gasteiger partial charge in [0.2, 0.25) is 0 Å². The van der Waals surface area contributed by atoms with Crippen molar-refractivity contribution < 1.29 is 4.74 Å². The van der Waals surface area contributed by atoms with E-state index in [-0.39, 0.29) is 0 Å². The lowest BCUT2D eigenvalue weighted by atomic mass is 10.1. The largest absolute Gasteiger partial charge is 0.456 e. The number of benzene rings is 2. The highest BCUT2D eigenvalue weighted by atomic mass is 35.5. The van der Waals surface area contributed by atoms with E-state index >= 15 is 0 Å². The van der Waals surface area contributed by atoms with Crippen LogP contribution < -0.4 is 10.5 Å². The zero-order valence-electron chi connectivity index (χ0n) is 11.5. The summed E-state index contributed by atoms with van der Waals surface area (Å²) in [6, 6.07) is 9.84. The van der Waals surface area contributed by atoms with Crippen LogP contribution in [0.1, 0.15) is 22.3 Å². The van der Waals surface area contributed by atoms with E-state index in [1.54, 1.807) is 0 Å². The molecule has 2 nitrogen and oxygen atoms in total. The molecule has 0 amide bonds. The first-order chi connectivity index (χ1) is 9.01. The van der Waals surface area contributed by atoms with Crippen molar-refractivity contribution in [3.05, 3.63) is 57.6 Å². The molecule has 0 unspecified atom stereocenters. The summed E-state index contributed by atoms with van der Waals surface area (Å²) in [5.74, 6) is 1.66. The number of rotatable bonds is 3. The van der Waals surface area contributed by atoms with Gasteiger partial charge in [-0.2, -0.15) is 0 Å². The molecule has 0 aromatic heterocycles. The zero-order chi connectivity index (χ0) is 14.0. The second-order valence-corrected chi connectivity index (χ2v) is 5.22. The second-order valence-electron chi connectivity index (χ2n) is 4.79. The third kappa shape index (κ3) is 3.09. The number of hydrogen-bond donors (Lipinski definition) is 1. The van der Waals surface area contributed by atoms with Crippen molar-refractivity contribution in [2.24, 2.45) is 5.73 Å². The summed E-state index contributed by atoms with van der Waals surface area (Å²) in [7, 11) is 0. The minimum absolute atomic E-state index is 0.461. The molecule has 2 aromatic carbocycles. The van der Waals surface area contributed by atoms with Crippen molar-refractivity contribution in [2.45, 2.75) is 27.3 Å². The average Bonchev–Trinajstić information content (AvgIpc) is 2.35. The van der Waals surface area contributed by atoms with Gasteiger partial charge in [-0.1, -0.05) is 29.3 Å². The van der Waals surface area contributed by atoms with Crippen molar-refractivity contribution in [1.29, 1.82) is 0 Å². The Kier molecular flexibility index (Phi) is 4.13. The molecule has 19 heavy (non-hydrogen) atoms. The number of aryl methyl sites for hydroxylation is 3. The Labute approximate surface area is 119 Å². The maximum atomic E-state index is 6.03. The minimum Gasteiger partial charge on any atom is -0.456 e. The van der Waals surface area contributed by atoms with Crippen LogP contribution in [0.5, 0.6) is 11.5 Å². The average molecular weight is 276 g/mol. The Balaban J connectivity index is 2.42. The summed E-state index contributed by atoms with van der Waals surface area (Å²) in [6.45, 7) is 6.49. The van der Waals surface area contributed by atoms with E-state index in [0.717, 1.165) is 33.2 Å². The van der Waals surface area contributed by atoms with Gasteiger partial charge >= 0.3 is 0 Å². The Morgan fingerprint density at radius 3 is 2.26 bits per heavy atom. The van der Waals surface area contributed by atoms with Crippen molar-refractivity contribution in [1.82, 2.24) is 0 Å². The predicted molar refractivity (Wildman–Crippen MR) is 80.1 cm³/mol. The van der Waals surface area contributed by atoms with Crippen LogP contribution >= 0.6 is 11.6 Å². The lowest BCUT2D eigenvalue weighted by molar-refractivity contribution is 0.469. The van der Waals surface area contributed by atoms with Crippen molar-refractivity contribution in [3.63, 3.8) is 0 Å². The van der Waals surface area contributed by atoms with Crippen LogP contribution in [0.4, 0.5) is 0 Å². The SMILES string of the molecule is Cc1ccc(Oc2c(C)cc(Cl)cc2C)c(CN)c1. The summed E-state index contributed by atoms with van der Waals surface area (Å²) in [6.07, 6.45) is 0. The molecule has 2 aromatic rings. The Morgan fingerprint density at radius 1 is 1.05 bits per heavy atom. The van der Waals surface area contributed by atoms with Gasteiger partial charge in [0.25, 0.3) is 0 Å². The van der Waals surface area contributed by atoms with Crippen LogP contribution in [-0.4, -0.2) is 0 Å². The number of hydrogen-bond acceptors (Lipinski definition) is 2. The van der Waals surface area contributed by atoms with Gasteiger partial charge in [-0.15, -0.1) is 0 Å². The van der Waals surface area contributed by atoms with Gasteiger partial charge in [0.05, 0.1) is 0 Å². The fourth-order valence-corrected chi connectivity index (χ4v) is 2.46. The number of ether oxygens (including phenoxy) is 1. The Hall–Kier alpha value is -1.51. The summed E-state index contributed by atoms with van der Waals surface area (Å²) >= 11 is 6.03. The lowest BCUT2D eigenvalue weighted by Gasteiger charge is -2.15. The number of nitrogens with two attached hydrogens (primary N) is 1. The predicted octanol–water partition coefficient (Wildman–Crippen LogP) is 4.52. The maximum Gasteiger partial charge on any atom is 0.133 e. The van der Waals surface area contributed by atoms with E-state index in [4.69, 9.17) is 22.1 Å². The topological polar surface area (TPSA) is 35.2 Å². The Morgan fingerprint density at radius 2 is 1.68 bits per heavy atom. The van der Waals surface area contributed by atoms with Gasteiger partial charge < -0.3 is 10.5 Å². The van der Waals surface area contributed by atoms with Crippen LogP contribution in [0, 0.1) is 20.8 Å². The highest BCUT2D eigenvalue weighted by Gasteiger charge is 2.09. The van der Waals surface area contributed by atoms with Crippen LogP contribution in [0.2, 0.25) is 5.02 Å². The first kappa shape index (κ1) is 13.9. The second kappa shape index (κ2) is 5.64. The molecule has 0 atom stereocenters. The maximum absolute atomic E-state index is 6.03.